The van der Waals surface area contributed by atoms with Gasteiger partial charge in [0, 0.05) is 22.3 Å². The molecular formula is C49H34O. The highest BCUT2D eigenvalue weighted by Gasteiger charge is 2.19. The maximum Gasteiger partial charge on any atom is 0.143 e. The van der Waals surface area contributed by atoms with Gasteiger partial charge in [0.05, 0.1) is 0 Å². The van der Waals surface area contributed by atoms with Crippen molar-refractivity contribution in [3.8, 4) is 44.5 Å². The monoisotopic (exact) mass is 638 g/mol. The molecule has 0 bridgehead atoms. The zero-order valence-electron chi connectivity index (χ0n) is 27.5. The predicted octanol–water partition coefficient (Wildman–Crippen LogP) is 13.4. The summed E-state index contributed by atoms with van der Waals surface area (Å²) in [6, 6.07) is 71.9. The molecule has 1 heterocycles. The van der Waals surface area contributed by atoms with E-state index in [-0.39, 0.29) is 5.92 Å². The van der Waals surface area contributed by atoms with Crippen LogP contribution in [0.25, 0.3) is 66.4 Å². The van der Waals surface area contributed by atoms with E-state index < -0.39 is 0 Å². The summed E-state index contributed by atoms with van der Waals surface area (Å²) in [5.74, 6) is 0.0744. The molecule has 9 aromatic rings. The van der Waals surface area contributed by atoms with E-state index in [9.17, 15) is 0 Å². The zero-order chi connectivity index (χ0) is 33.3. The van der Waals surface area contributed by atoms with Crippen LogP contribution in [0.1, 0.15) is 22.6 Å². The lowest BCUT2D eigenvalue weighted by atomic mass is 9.83. The molecule has 1 atom stereocenters. The molecule has 9 rings (SSSR count). The van der Waals surface area contributed by atoms with Gasteiger partial charge < -0.3 is 4.42 Å². The van der Waals surface area contributed by atoms with E-state index in [0.29, 0.717) is 0 Å². The molecule has 0 amide bonds. The lowest BCUT2D eigenvalue weighted by Crippen LogP contribution is -2.03. The molecule has 1 aromatic heterocycles. The van der Waals surface area contributed by atoms with Crippen molar-refractivity contribution < 1.29 is 4.42 Å². The van der Waals surface area contributed by atoms with Crippen LogP contribution in [0.3, 0.4) is 0 Å². The van der Waals surface area contributed by atoms with Crippen molar-refractivity contribution in [3.05, 3.63) is 217 Å². The molecule has 1 unspecified atom stereocenters. The Morgan fingerprint density at radius 2 is 0.660 bits per heavy atom. The molecular weight excluding hydrogens is 605 g/mol. The normalized spacial score (nSPS) is 11.9. The van der Waals surface area contributed by atoms with Gasteiger partial charge in [0.2, 0.25) is 0 Å². The lowest BCUT2D eigenvalue weighted by molar-refractivity contribution is 0.670. The third-order valence-electron chi connectivity index (χ3n) is 9.88. The minimum atomic E-state index is 0.0744. The fraction of sp³-hybridized carbons (Fsp3) is 0.0204. The Bertz CT molecular complexity index is 2520. The summed E-state index contributed by atoms with van der Waals surface area (Å²) in [4.78, 5) is 0. The summed E-state index contributed by atoms with van der Waals surface area (Å²) in [6.45, 7) is 0. The number of hydrogen-bond donors (Lipinski definition) is 0. The summed E-state index contributed by atoms with van der Waals surface area (Å²) in [5.41, 5.74) is 15.2. The summed E-state index contributed by atoms with van der Waals surface area (Å²) >= 11 is 0. The fourth-order valence-corrected chi connectivity index (χ4v) is 7.26. The van der Waals surface area contributed by atoms with Crippen molar-refractivity contribution in [1.29, 1.82) is 0 Å². The Hall–Kier alpha value is -6.44. The van der Waals surface area contributed by atoms with Crippen molar-refractivity contribution in [3.63, 3.8) is 0 Å². The molecule has 0 aliphatic carbocycles. The number of furan rings is 1. The third kappa shape index (κ3) is 5.59. The fourth-order valence-electron chi connectivity index (χ4n) is 7.26. The Labute approximate surface area is 292 Å². The van der Waals surface area contributed by atoms with E-state index in [4.69, 9.17) is 4.42 Å². The van der Waals surface area contributed by atoms with E-state index in [1.54, 1.807) is 0 Å². The van der Waals surface area contributed by atoms with Gasteiger partial charge in [-0.25, -0.2) is 0 Å². The standard InChI is InChI=1S/C49H34O/c1-3-10-34(11-4-1)36-18-20-38(21-19-36)39-24-30-42(31-25-39)48(41-28-22-37(23-29-41)35-12-5-2-6-13-35)43-32-26-40(27-33-43)44-15-9-16-46-45-14-7-8-17-47(45)50-49(44)46/h1-33,48H. The van der Waals surface area contributed by atoms with Gasteiger partial charge in [-0.15, -0.1) is 0 Å². The van der Waals surface area contributed by atoms with Crippen LogP contribution in [0, 0.1) is 0 Å². The molecule has 0 saturated carbocycles. The van der Waals surface area contributed by atoms with Crippen LogP contribution < -0.4 is 0 Å². The quantitative estimate of drug-likeness (QED) is 0.158. The molecule has 0 aliphatic heterocycles. The van der Waals surface area contributed by atoms with E-state index in [1.165, 1.54) is 50.1 Å². The highest BCUT2D eigenvalue weighted by atomic mass is 16.3. The van der Waals surface area contributed by atoms with E-state index in [1.807, 2.05) is 12.1 Å². The van der Waals surface area contributed by atoms with Crippen LogP contribution in [-0.2, 0) is 0 Å². The SMILES string of the molecule is c1ccc(-c2ccc(-c3ccc(C(c4ccc(-c5ccccc5)cc4)c4ccc(-c5cccc6c5oc5ccccc56)cc4)cc3)cc2)cc1. The summed E-state index contributed by atoms with van der Waals surface area (Å²) < 4.78 is 6.38. The van der Waals surface area contributed by atoms with Crippen LogP contribution in [0.4, 0.5) is 0 Å². The predicted molar refractivity (Wildman–Crippen MR) is 209 cm³/mol. The van der Waals surface area contributed by atoms with Crippen LogP contribution in [-0.4, -0.2) is 0 Å². The summed E-state index contributed by atoms with van der Waals surface area (Å²) in [7, 11) is 0. The van der Waals surface area contributed by atoms with Crippen LogP contribution in [0.2, 0.25) is 0 Å². The van der Waals surface area contributed by atoms with Gasteiger partial charge in [-0.1, -0.05) is 194 Å². The molecule has 0 N–H and O–H groups in total. The minimum absolute atomic E-state index is 0.0744. The van der Waals surface area contributed by atoms with Gasteiger partial charge >= 0.3 is 0 Å². The van der Waals surface area contributed by atoms with Gasteiger partial charge in [0.25, 0.3) is 0 Å². The van der Waals surface area contributed by atoms with Crippen molar-refractivity contribution in [1.82, 2.24) is 0 Å². The Morgan fingerprint density at radius 1 is 0.280 bits per heavy atom. The van der Waals surface area contributed by atoms with E-state index in [2.05, 4.69) is 188 Å². The maximum atomic E-state index is 6.38. The Morgan fingerprint density at radius 3 is 1.16 bits per heavy atom. The molecule has 1 nitrogen and oxygen atoms in total. The summed E-state index contributed by atoms with van der Waals surface area (Å²) in [5, 5.41) is 2.30. The molecule has 0 spiro atoms. The third-order valence-corrected chi connectivity index (χ3v) is 9.88. The molecule has 236 valence electrons. The van der Waals surface area contributed by atoms with Gasteiger partial charge in [-0.2, -0.15) is 0 Å². The second-order valence-electron chi connectivity index (χ2n) is 12.9. The minimum Gasteiger partial charge on any atom is -0.455 e. The number of benzene rings is 8. The number of para-hydroxylation sites is 2. The first-order chi connectivity index (χ1) is 24.8. The maximum absolute atomic E-state index is 6.38. The topological polar surface area (TPSA) is 13.1 Å². The van der Waals surface area contributed by atoms with Crippen molar-refractivity contribution in [2.75, 3.05) is 0 Å². The van der Waals surface area contributed by atoms with Crippen LogP contribution >= 0.6 is 0 Å². The average Bonchev–Trinajstić information content (AvgIpc) is 3.59. The Kier molecular flexibility index (Phi) is 7.64. The number of hydrogen-bond acceptors (Lipinski definition) is 1. The Balaban J connectivity index is 1.07. The van der Waals surface area contributed by atoms with Crippen molar-refractivity contribution in [2.45, 2.75) is 5.92 Å². The molecule has 0 radical (unpaired) electrons. The highest BCUT2D eigenvalue weighted by molar-refractivity contribution is 6.09. The van der Waals surface area contributed by atoms with Crippen molar-refractivity contribution >= 4 is 21.9 Å². The van der Waals surface area contributed by atoms with Gasteiger partial charge in [0.1, 0.15) is 11.2 Å². The molecule has 50 heavy (non-hydrogen) atoms. The zero-order valence-corrected chi connectivity index (χ0v) is 27.5. The summed E-state index contributed by atoms with van der Waals surface area (Å²) in [6.07, 6.45) is 0. The van der Waals surface area contributed by atoms with Gasteiger partial charge in [-0.3, -0.25) is 0 Å². The van der Waals surface area contributed by atoms with Gasteiger partial charge in [-0.05, 0) is 61.7 Å². The second-order valence-corrected chi connectivity index (χ2v) is 12.9. The first kappa shape index (κ1) is 29.7. The lowest BCUT2D eigenvalue weighted by Gasteiger charge is -2.20. The highest BCUT2D eigenvalue weighted by Crippen LogP contribution is 2.39. The number of rotatable bonds is 7. The smallest absolute Gasteiger partial charge is 0.143 e. The van der Waals surface area contributed by atoms with Crippen LogP contribution in [0.15, 0.2) is 205 Å². The second kappa shape index (κ2) is 12.9. The first-order valence-electron chi connectivity index (χ1n) is 17.2. The van der Waals surface area contributed by atoms with Gasteiger partial charge in [0.15, 0.2) is 0 Å². The molecule has 0 fully saturated rings. The molecule has 8 aromatic carbocycles. The molecule has 0 aliphatic rings. The van der Waals surface area contributed by atoms with Crippen molar-refractivity contribution in [2.24, 2.45) is 0 Å². The number of fused-ring (bicyclic) bond motifs is 3. The van der Waals surface area contributed by atoms with E-state index in [0.717, 1.165) is 33.1 Å². The average molecular weight is 639 g/mol. The molecule has 1 heteroatoms. The van der Waals surface area contributed by atoms with E-state index >= 15 is 0 Å². The molecule has 0 saturated heterocycles. The van der Waals surface area contributed by atoms with Crippen LogP contribution in [0.5, 0.6) is 0 Å². The largest absolute Gasteiger partial charge is 0.455 e. The first-order valence-corrected chi connectivity index (χ1v) is 17.2.